The molecule has 0 aliphatic carbocycles. The number of anilines is 3. The topological polar surface area (TPSA) is 143 Å². The van der Waals surface area contributed by atoms with Gasteiger partial charge in [-0.3, -0.25) is 9.89 Å². The smallest absolute Gasteiger partial charge is 0.274 e. The molecule has 2 fully saturated rings. The Morgan fingerprint density at radius 2 is 1.92 bits per heavy atom. The molecule has 0 aromatic carbocycles. The van der Waals surface area contributed by atoms with E-state index >= 15 is 0 Å². The number of piperazine rings is 1. The van der Waals surface area contributed by atoms with Crippen LogP contribution in [0, 0.1) is 19.7 Å². The fourth-order valence-corrected chi connectivity index (χ4v) is 4.65. The number of aryl methyl sites for hydroxylation is 2. The predicted octanol–water partition coefficient (Wildman–Crippen LogP) is 1.40. The maximum atomic E-state index is 13.3. The Balaban J connectivity index is 1.20. The molecule has 1 amide bonds. The van der Waals surface area contributed by atoms with Gasteiger partial charge in [0.1, 0.15) is 5.82 Å². The van der Waals surface area contributed by atoms with Gasteiger partial charge in [-0.15, -0.1) is 10.2 Å². The molecule has 2 unspecified atom stereocenters. The fourth-order valence-electron chi connectivity index (χ4n) is 4.65. The highest BCUT2D eigenvalue weighted by molar-refractivity contribution is 5.92. The van der Waals surface area contributed by atoms with Crippen LogP contribution in [0.5, 0.6) is 0 Å². The first-order valence-corrected chi connectivity index (χ1v) is 11.8. The predicted molar refractivity (Wildman–Crippen MR) is 129 cm³/mol. The van der Waals surface area contributed by atoms with Crippen molar-refractivity contribution in [3.63, 3.8) is 0 Å². The van der Waals surface area contributed by atoms with E-state index in [1.807, 2.05) is 26.0 Å². The van der Waals surface area contributed by atoms with Gasteiger partial charge in [-0.1, -0.05) is 0 Å². The van der Waals surface area contributed by atoms with Crippen LogP contribution in [0.4, 0.5) is 22.0 Å². The van der Waals surface area contributed by atoms with E-state index in [1.54, 1.807) is 17.0 Å². The van der Waals surface area contributed by atoms with Crippen LogP contribution in [0.1, 0.15) is 21.9 Å². The Morgan fingerprint density at radius 3 is 2.57 bits per heavy atom. The van der Waals surface area contributed by atoms with E-state index in [0.29, 0.717) is 49.7 Å². The summed E-state index contributed by atoms with van der Waals surface area (Å²) in [5, 5.41) is 22.3. The molecule has 2 aliphatic heterocycles. The van der Waals surface area contributed by atoms with Gasteiger partial charge in [-0.25, -0.2) is 14.1 Å². The van der Waals surface area contributed by atoms with Crippen LogP contribution in [0.3, 0.4) is 0 Å². The van der Waals surface area contributed by atoms with E-state index in [-0.39, 0.29) is 23.7 Å². The van der Waals surface area contributed by atoms with Gasteiger partial charge in [-0.2, -0.15) is 15.2 Å². The molecule has 2 N–H and O–H groups in total. The Kier molecular flexibility index (Phi) is 5.71. The van der Waals surface area contributed by atoms with Gasteiger partial charge in [0.2, 0.25) is 5.95 Å². The molecule has 2 aliphatic rings. The number of hydrogen-bond acceptors (Lipinski definition) is 10. The molecule has 14 heteroatoms. The third-order valence-electron chi connectivity index (χ3n) is 6.25. The van der Waals surface area contributed by atoms with Gasteiger partial charge in [0.05, 0.1) is 37.7 Å². The zero-order valence-corrected chi connectivity index (χ0v) is 20.2. The van der Waals surface area contributed by atoms with Gasteiger partial charge < -0.3 is 19.9 Å². The Bertz CT molecular complexity index is 1420. The normalized spacial score (nSPS) is 19.2. The summed E-state index contributed by atoms with van der Waals surface area (Å²) in [7, 11) is 0. The van der Waals surface area contributed by atoms with Crippen molar-refractivity contribution in [2.24, 2.45) is 0 Å². The number of H-pyrrole nitrogens is 1. The summed E-state index contributed by atoms with van der Waals surface area (Å²) in [5.74, 6) is 1.50. The van der Waals surface area contributed by atoms with E-state index < -0.39 is 5.82 Å². The quantitative estimate of drug-likeness (QED) is 0.409. The van der Waals surface area contributed by atoms with Gasteiger partial charge in [0.25, 0.3) is 5.91 Å². The number of fused-ring (bicyclic) bond motifs is 2. The van der Waals surface area contributed by atoms with E-state index in [4.69, 9.17) is 9.72 Å². The van der Waals surface area contributed by atoms with Crippen LogP contribution >= 0.6 is 0 Å². The average Bonchev–Trinajstić information content (AvgIpc) is 3.50. The van der Waals surface area contributed by atoms with Crippen LogP contribution < -0.4 is 10.2 Å². The molecule has 2 bridgehead atoms. The lowest BCUT2D eigenvalue weighted by atomic mass is 10.0. The summed E-state index contributed by atoms with van der Waals surface area (Å²) in [4.78, 5) is 26.6. The Morgan fingerprint density at radius 1 is 1.11 bits per heavy atom. The molecule has 2 saturated heterocycles. The summed E-state index contributed by atoms with van der Waals surface area (Å²) in [6.45, 7) is 5.56. The molecular formula is C23H24FN11O2. The van der Waals surface area contributed by atoms with E-state index in [2.05, 4.69) is 40.7 Å². The molecule has 190 valence electrons. The van der Waals surface area contributed by atoms with E-state index in [1.165, 1.54) is 10.9 Å². The van der Waals surface area contributed by atoms with Crippen LogP contribution in [0.2, 0.25) is 0 Å². The molecule has 0 saturated carbocycles. The second-order valence-corrected chi connectivity index (χ2v) is 9.10. The maximum Gasteiger partial charge on any atom is 0.274 e. The first-order chi connectivity index (χ1) is 17.9. The lowest BCUT2D eigenvalue weighted by Gasteiger charge is -2.49. The number of amides is 1. The molecule has 6 rings (SSSR count). The van der Waals surface area contributed by atoms with Crippen LogP contribution in [0.25, 0.3) is 5.82 Å². The van der Waals surface area contributed by atoms with Crippen molar-refractivity contribution in [1.82, 2.24) is 45.0 Å². The van der Waals surface area contributed by atoms with Crippen molar-refractivity contribution in [3.05, 3.63) is 59.6 Å². The zero-order chi connectivity index (χ0) is 25.5. The molecule has 2 atom stereocenters. The minimum absolute atomic E-state index is 0.127. The number of hydrogen-bond donors (Lipinski definition) is 2. The van der Waals surface area contributed by atoms with E-state index in [0.717, 1.165) is 17.6 Å². The average molecular weight is 506 g/mol. The number of nitrogens with zero attached hydrogens (tertiary/aromatic N) is 9. The van der Waals surface area contributed by atoms with Crippen LogP contribution in [0.15, 0.2) is 36.7 Å². The van der Waals surface area contributed by atoms with Crippen molar-refractivity contribution in [2.75, 3.05) is 36.5 Å². The van der Waals surface area contributed by atoms with E-state index in [9.17, 15) is 9.18 Å². The van der Waals surface area contributed by atoms with Crippen molar-refractivity contribution >= 4 is 23.5 Å². The number of aromatic amines is 1. The second-order valence-electron chi connectivity index (χ2n) is 9.10. The third-order valence-corrected chi connectivity index (χ3v) is 6.25. The lowest BCUT2D eigenvalue weighted by molar-refractivity contribution is 0.0145. The molecule has 37 heavy (non-hydrogen) atoms. The summed E-state index contributed by atoms with van der Waals surface area (Å²) in [6, 6.07) is 6.66. The van der Waals surface area contributed by atoms with Crippen LogP contribution in [-0.4, -0.2) is 89.3 Å². The largest absolute Gasteiger partial charge is 0.377 e. The highest BCUT2D eigenvalue weighted by Gasteiger charge is 2.41. The van der Waals surface area contributed by atoms with Gasteiger partial charge in [0, 0.05) is 36.6 Å². The van der Waals surface area contributed by atoms with Gasteiger partial charge in [-0.05, 0) is 26.0 Å². The number of morpholine rings is 1. The van der Waals surface area contributed by atoms with Crippen molar-refractivity contribution in [2.45, 2.75) is 25.9 Å². The van der Waals surface area contributed by atoms with Gasteiger partial charge in [0.15, 0.2) is 23.1 Å². The molecule has 13 nitrogen and oxygen atoms in total. The number of carbonyl (C=O) groups excluding carboxylic acids is 1. The zero-order valence-electron chi connectivity index (χ0n) is 20.2. The first kappa shape index (κ1) is 23.0. The Labute approximate surface area is 210 Å². The van der Waals surface area contributed by atoms with Crippen LogP contribution in [-0.2, 0) is 4.74 Å². The fraction of sp³-hybridized carbons (Fsp3) is 0.348. The second kappa shape index (κ2) is 9.20. The third kappa shape index (κ3) is 4.58. The first-order valence-electron chi connectivity index (χ1n) is 11.8. The highest BCUT2D eigenvalue weighted by Crippen LogP contribution is 2.28. The number of carbonyl (C=O) groups is 1. The monoisotopic (exact) mass is 505 g/mol. The standard InChI is InChI=1S/C23H24FN11O2/c1-13-5-19(27-20-6-14(2)29-31-20)28-23(26-13)35-16-9-33(10-17(35)12-37-11-16)22(36)18-3-4-21(32-30-18)34-8-15(24)7-25-34/h3-8,16-17H,9-12H2,1-2H3,(H2,26,27,28,29,31). The summed E-state index contributed by atoms with van der Waals surface area (Å²) >= 11 is 0. The number of nitrogens with one attached hydrogen (secondary N) is 2. The van der Waals surface area contributed by atoms with Crippen molar-refractivity contribution in [3.8, 4) is 5.82 Å². The summed E-state index contributed by atoms with van der Waals surface area (Å²) < 4.78 is 20.3. The van der Waals surface area contributed by atoms with Crippen molar-refractivity contribution in [1.29, 1.82) is 0 Å². The highest BCUT2D eigenvalue weighted by atomic mass is 19.1. The molecular weight excluding hydrogens is 481 g/mol. The summed E-state index contributed by atoms with van der Waals surface area (Å²) in [6.07, 6.45) is 2.27. The van der Waals surface area contributed by atoms with Gasteiger partial charge >= 0.3 is 0 Å². The van der Waals surface area contributed by atoms with Crippen molar-refractivity contribution < 1.29 is 13.9 Å². The molecule has 6 heterocycles. The number of rotatable bonds is 5. The Hall–Kier alpha value is -4.46. The molecule has 0 radical (unpaired) electrons. The number of ether oxygens (including phenoxy) is 1. The molecule has 4 aromatic rings. The SMILES string of the molecule is Cc1cc(Nc2cc(C)[nH]n2)nc(N2C3COCC2CN(C(=O)c2ccc(-n4cc(F)cn4)nn2)C3)n1. The number of aromatic nitrogens is 8. The minimum atomic E-state index is -0.481. The maximum absolute atomic E-state index is 13.3. The number of halogens is 1. The lowest BCUT2D eigenvalue weighted by Crippen LogP contribution is -2.66. The minimum Gasteiger partial charge on any atom is -0.377 e. The molecule has 4 aromatic heterocycles. The molecule has 0 spiro atoms. The summed E-state index contributed by atoms with van der Waals surface area (Å²) in [5.41, 5.74) is 1.96.